The Bertz CT molecular complexity index is 595. The highest BCUT2D eigenvalue weighted by Crippen LogP contribution is 2.51. The number of hydrogen-bond donors (Lipinski definition) is 0. The first kappa shape index (κ1) is 15.6. The largest absolute Gasteiger partial charge is 0.497 e. The first-order valence-corrected chi connectivity index (χ1v) is 8.49. The van der Waals surface area contributed by atoms with Crippen molar-refractivity contribution >= 4 is 7.60 Å². The molecule has 0 N–H and O–H groups in total. The predicted octanol–water partition coefficient (Wildman–Crippen LogP) is 4.50. The minimum absolute atomic E-state index is 0.244. The summed E-state index contributed by atoms with van der Waals surface area (Å²) in [5, 5.41) is 0. The highest BCUT2D eigenvalue weighted by molar-refractivity contribution is 7.53. The van der Waals surface area contributed by atoms with Gasteiger partial charge in [-0.3, -0.25) is 4.52 Å². The summed E-state index contributed by atoms with van der Waals surface area (Å²) in [6.45, 7) is 2.13. The Labute approximate surface area is 125 Å². The summed E-state index contributed by atoms with van der Waals surface area (Å²) in [5.74, 6) is 1.22. The number of rotatable bonds is 7. The monoisotopic (exact) mass is 306 g/mol. The van der Waals surface area contributed by atoms with E-state index in [0.717, 1.165) is 11.3 Å². The van der Waals surface area contributed by atoms with E-state index in [0.29, 0.717) is 12.4 Å². The fraction of sp³-hybridized carbons (Fsp3) is 0.250. The van der Waals surface area contributed by atoms with E-state index in [4.69, 9.17) is 13.8 Å². The Morgan fingerprint density at radius 1 is 0.952 bits per heavy atom. The Morgan fingerprint density at radius 2 is 1.57 bits per heavy atom. The SMILES string of the molecule is CCOP(=O)(Cc1ccccc1)Oc1ccc(OC)cc1. The van der Waals surface area contributed by atoms with Crippen molar-refractivity contribution in [3.8, 4) is 11.5 Å². The topological polar surface area (TPSA) is 44.8 Å². The summed E-state index contributed by atoms with van der Waals surface area (Å²) in [5.41, 5.74) is 0.919. The Hall–Kier alpha value is -1.77. The van der Waals surface area contributed by atoms with Crippen LogP contribution in [0.4, 0.5) is 0 Å². The zero-order valence-corrected chi connectivity index (χ0v) is 13.1. The number of benzene rings is 2. The van der Waals surface area contributed by atoms with Crippen LogP contribution in [0.5, 0.6) is 11.5 Å². The molecule has 0 radical (unpaired) electrons. The van der Waals surface area contributed by atoms with Gasteiger partial charge in [-0.1, -0.05) is 30.3 Å². The van der Waals surface area contributed by atoms with Gasteiger partial charge < -0.3 is 9.26 Å². The summed E-state index contributed by atoms with van der Waals surface area (Å²) in [4.78, 5) is 0. The Kier molecular flexibility index (Phi) is 5.43. The third-order valence-electron chi connectivity index (χ3n) is 2.85. The maximum Gasteiger partial charge on any atom is 0.383 e. The van der Waals surface area contributed by atoms with E-state index in [-0.39, 0.29) is 6.16 Å². The molecule has 0 saturated carbocycles. The molecule has 112 valence electrons. The second kappa shape index (κ2) is 7.30. The van der Waals surface area contributed by atoms with E-state index in [1.807, 2.05) is 30.3 Å². The van der Waals surface area contributed by atoms with Gasteiger partial charge >= 0.3 is 7.60 Å². The van der Waals surface area contributed by atoms with Crippen LogP contribution < -0.4 is 9.26 Å². The maximum atomic E-state index is 12.8. The third-order valence-corrected chi connectivity index (χ3v) is 4.74. The van der Waals surface area contributed by atoms with Crippen molar-refractivity contribution in [1.82, 2.24) is 0 Å². The molecule has 0 aliphatic carbocycles. The molecule has 1 atom stereocenters. The molecule has 4 nitrogen and oxygen atoms in total. The number of hydrogen-bond acceptors (Lipinski definition) is 4. The minimum atomic E-state index is -3.23. The van der Waals surface area contributed by atoms with E-state index in [9.17, 15) is 4.57 Å². The van der Waals surface area contributed by atoms with Crippen LogP contribution >= 0.6 is 7.60 Å². The minimum Gasteiger partial charge on any atom is -0.497 e. The zero-order valence-electron chi connectivity index (χ0n) is 12.2. The molecular formula is C16H19O4P. The van der Waals surface area contributed by atoms with Gasteiger partial charge in [0.25, 0.3) is 0 Å². The van der Waals surface area contributed by atoms with Crippen LogP contribution in [0.1, 0.15) is 12.5 Å². The summed E-state index contributed by atoms with van der Waals surface area (Å²) in [6.07, 6.45) is 0.244. The molecule has 2 rings (SSSR count). The van der Waals surface area contributed by atoms with Crippen molar-refractivity contribution in [3.63, 3.8) is 0 Å². The Morgan fingerprint density at radius 3 is 2.14 bits per heavy atom. The van der Waals surface area contributed by atoms with Crippen molar-refractivity contribution in [2.75, 3.05) is 13.7 Å². The highest BCUT2D eigenvalue weighted by atomic mass is 31.2. The van der Waals surface area contributed by atoms with Crippen LogP contribution in [0.15, 0.2) is 54.6 Å². The lowest BCUT2D eigenvalue weighted by Gasteiger charge is -2.19. The van der Waals surface area contributed by atoms with E-state index < -0.39 is 7.60 Å². The van der Waals surface area contributed by atoms with Crippen LogP contribution in [0.2, 0.25) is 0 Å². The zero-order chi connectivity index (χ0) is 15.1. The van der Waals surface area contributed by atoms with Gasteiger partial charge in [0.05, 0.1) is 19.9 Å². The average molecular weight is 306 g/mol. The highest BCUT2D eigenvalue weighted by Gasteiger charge is 2.26. The molecule has 0 heterocycles. The molecule has 0 fully saturated rings. The Balaban J connectivity index is 2.15. The summed E-state index contributed by atoms with van der Waals surface area (Å²) in [7, 11) is -1.63. The van der Waals surface area contributed by atoms with Crippen LogP contribution in [-0.2, 0) is 15.3 Å². The van der Waals surface area contributed by atoms with Gasteiger partial charge in [-0.2, -0.15) is 0 Å². The van der Waals surface area contributed by atoms with Crippen LogP contribution in [0.3, 0.4) is 0 Å². The van der Waals surface area contributed by atoms with Gasteiger partial charge in [0, 0.05) is 0 Å². The number of methoxy groups -OCH3 is 1. The fourth-order valence-electron chi connectivity index (χ4n) is 1.91. The first-order chi connectivity index (χ1) is 10.1. The van der Waals surface area contributed by atoms with Gasteiger partial charge in [-0.25, -0.2) is 4.57 Å². The number of ether oxygens (including phenoxy) is 1. The van der Waals surface area contributed by atoms with E-state index >= 15 is 0 Å². The average Bonchev–Trinajstić information content (AvgIpc) is 2.49. The summed E-state index contributed by atoms with van der Waals surface area (Å²) in [6, 6.07) is 16.5. The van der Waals surface area contributed by atoms with Gasteiger partial charge in [0.2, 0.25) is 0 Å². The standard InChI is InChI=1S/C16H19O4P/c1-3-19-21(17,13-14-7-5-4-6-8-14)20-16-11-9-15(18-2)10-12-16/h4-12H,3,13H2,1-2H3. The smallest absolute Gasteiger partial charge is 0.383 e. The van der Waals surface area contributed by atoms with E-state index in [2.05, 4.69) is 0 Å². The molecule has 0 bridgehead atoms. The molecule has 1 unspecified atom stereocenters. The molecule has 0 spiro atoms. The van der Waals surface area contributed by atoms with Crippen LogP contribution in [0.25, 0.3) is 0 Å². The molecule has 0 saturated heterocycles. The normalized spacial score (nSPS) is 13.4. The van der Waals surface area contributed by atoms with Crippen molar-refractivity contribution in [2.24, 2.45) is 0 Å². The van der Waals surface area contributed by atoms with Crippen molar-refractivity contribution in [2.45, 2.75) is 13.1 Å². The molecular weight excluding hydrogens is 287 g/mol. The lowest BCUT2D eigenvalue weighted by molar-refractivity contribution is 0.278. The van der Waals surface area contributed by atoms with Crippen LogP contribution in [0, 0.1) is 0 Å². The molecule has 5 heteroatoms. The lowest BCUT2D eigenvalue weighted by Crippen LogP contribution is -2.01. The molecule has 0 amide bonds. The molecule has 2 aromatic rings. The van der Waals surface area contributed by atoms with E-state index in [1.54, 1.807) is 38.3 Å². The van der Waals surface area contributed by atoms with Crippen LogP contribution in [-0.4, -0.2) is 13.7 Å². The van der Waals surface area contributed by atoms with Crippen molar-refractivity contribution in [1.29, 1.82) is 0 Å². The van der Waals surface area contributed by atoms with Crippen molar-refractivity contribution < 1.29 is 18.3 Å². The van der Waals surface area contributed by atoms with Gasteiger partial charge in [0.15, 0.2) is 0 Å². The van der Waals surface area contributed by atoms with E-state index in [1.165, 1.54) is 0 Å². The van der Waals surface area contributed by atoms with Crippen molar-refractivity contribution in [3.05, 3.63) is 60.2 Å². The molecule has 0 aliphatic rings. The molecule has 0 aliphatic heterocycles. The van der Waals surface area contributed by atoms with Gasteiger partial charge in [-0.15, -0.1) is 0 Å². The molecule has 21 heavy (non-hydrogen) atoms. The summed E-state index contributed by atoms with van der Waals surface area (Å²) < 4.78 is 28.9. The second-order valence-corrected chi connectivity index (χ2v) is 6.42. The summed E-state index contributed by atoms with van der Waals surface area (Å²) >= 11 is 0. The predicted molar refractivity (Wildman–Crippen MR) is 83.0 cm³/mol. The first-order valence-electron chi connectivity index (χ1n) is 6.76. The quantitative estimate of drug-likeness (QED) is 0.706. The second-order valence-electron chi connectivity index (χ2n) is 4.44. The van der Waals surface area contributed by atoms with Gasteiger partial charge in [0.1, 0.15) is 11.5 Å². The maximum absolute atomic E-state index is 12.8. The molecule has 2 aromatic carbocycles. The fourth-order valence-corrected chi connectivity index (χ4v) is 3.61. The third kappa shape index (κ3) is 4.62. The van der Waals surface area contributed by atoms with Gasteiger partial charge in [-0.05, 0) is 36.8 Å². The lowest BCUT2D eigenvalue weighted by atomic mass is 10.2. The molecule has 0 aromatic heterocycles.